The van der Waals surface area contributed by atoms with Gasteiger partial charge in [-0.05, 0) is 34.1 Å². The van der Waals surface area contributed by atoms with Gasteiger partial charge in [0.2, 0.25) is 0 Å². The SMILES string of the molecule is O=C1Nc2cc(Br)cnc2/C1=C/c1cccc(Cl)c1F. The van der Waals surface area contributed by atoms with E-state index in [2.05, 4.69) is 26.2 Å². The molecule has 0 aliphatic carbocycles. The summed E-state index contributed by atoms with van der Waals surface area (Å²) in [6.07, 6.45) is 3.03. The molecule has 2 heterocycles. The molecule has 0 spiro atoms. The first-order chi connectivity index (χ1) is 9.56. The summed E-state index contributed by atoms with van der Waals surface area (Å²) < 4.78 is 14.6. The van der Waals surface area contributed by atoms with Gasteiger partial charge in [-0.25, -0.2) is 4.39 Å². The van der Waals surface area contributed by atoms with Gasteiger partial charge < -0.3 is 5.32 Å². The van der Waals surface area contributed by atoms with E-state index in [4.69, 9.17) is 11.6 Å². The molecule has 0 unspecified atom stereocenters. The van der Waals surface area contributed by atoms with Crippen molar-refractivity contribution >= 4 is 50.8 Å². The quantitative estimate of drug-likeness (QED) is 0.783. The van der Waals surface area contributed by atoms with Crippen LogP contribution in [0, 0.1) is 5.82 Å². The number of hydrogen-bond donors (Lipinski definition) is 1. The minimum absolute atomic E-state index is 0.0155. The molecule has 0 atom stereocenters. The molecule has 1 N–H and O–H groups in total. The third kappa shape index (κ3) is 2.23. The summed E-state index contributed by atoms with van der Waals surface area (Å²) in [4.78, 5) is 16.1. The third-order valence-electron chi connectivity index (χ3n) is 2.88. The molecule has 2 aromatic rings. The molecule has 1 aliphatic rings. The minimum Gasteiger partial charge on any atom is -0.320 e. The van der Waals surface area contributed by atoms with Gasteiger partial charge in [0.1, 0.15) is 5.82 Å². The zero-order valence-corrected chi connectivity index (χ0v) is 12.3. The Morgan fingerprint density at radius 3 is 3.00 bits per heavy atom. The van der Waals surface area contributed by atoms with E-state index in [1.54, 1.807) is 24.4 Å². The summed E-state index contributed by atoms with van der Waals surface area (Å²) in [5.41, 5.74) is 1.66. The highest BCUT2D eigenvalue weighted by molar-refractivity contribution is 9.10. The second-order valence-electron chi connectivity index (χ2n) is 4.20. The number of hydrogen-bond acceptors (Lipinski definition) is 2. The number of fused-ring (bicyclic) bond motifs is 1. The predicted molar refractivity (Wildman–Crippen MR) is 79.8 cm³/mol. The first kappa shape index (κ1) is 13.3. The van der Waals surface area contributed by atoms with Crippen LogP contribution in [0.5, 0.6) is 0 Å². The van der Waals surface area contributed by atoms with Gasteiger partial charge in [-0.3, -0.25) is 9.78 Å². The van der Waals surface area contributed by atoms with Crippen molar-refractivity contribution < 1.29 is 9.18 Å². The van der Waals surface area contributed by atoms with Crippen LogP contribution in [-0.2, 0) is 4.79 Å². The van der Waals surface area contributed by atoms with Crippen molar-refractivity contribution in [2.45, 2.75) is 0 Å². The van der Waals surface area contributed by atoms with E-state index in [1.165, 1.54) is 12.1 Å². The lowest BCUT2D eigenvalue weighted by Crippen LogP contribution is -2.03. The summed E-state index contributed by atoms with van der Waals surface area (Å²) in [5, 5.41) is 2.70. The Labute approximate surface area is 127 Å². The predicted octanol–water partition coefficient (Wildman–Crippen LogP) is 4.13. The van der Waals surface area contributed by atoms with E-state index in [1.807, 2.05) is 0 Å². The minimum atomic E-state index is -0.556. The second-order valence-corrected chi connectivity index (χ2v) is 5.53. The average Bonchev–Trinajstić information content (AvgIpc) is 2.70. The number of carbonyl (C=O) groups excluding carboxylic acids is 1. The maximum Gasteiger partial charge on any atom is 0.258 e. The van der Waals surface area contributed by atoms with Crippen LogP contribution in [0.25, 0.3) is 11.6 Å². The van der Waals surface area contributed by atoms with Crippen LogP contribution >= 0.6 is 27.5 Å². The first-order valence-corrected chi connectivity index (χ1v) is 6.86. The molecule has 20 heavy (non-hydrogen) atoms. The van der Waals surface area contributed by atoms with E-state index in [0.29, 0.717) is 17.0 Å². The molecule has 0 saturated carbocycles. The standard InChI is InChI=1S/C14H7BrClFN2O/c15-8-5-11-13(18-6-8)9(14(20)19-11)4-7-2-1-3-10(16)12(7)17/h1-6H,(H,19,20)/b9-4-. The molecule has 0 radical (unpaired) electrons. The summed E-state index contributed by atoms with van der Waals surface area (Å²) in [5.74, 6) is -0.870. The molecule has 1 aliphatic heterocycles. The maximum atomic E-state index is 13.9. The van der Waals surface area contributed by atoms with Crippen molar-refractivity contribution in [2.75, 3.05) is 5.32 Å². The number of pyridine rings is 1. The molecular formula is C14H7BrClFN2O. The smallest absolute Gasteiger partial charge is 0.258 e. The second kappa shape index (κ2) is 5.00. The molecule has 3 nitrogen and oxygen atoms in total. The van der Waals surface area contributed by atoms with Crippen molar-refractivity contribution in [3.05, 3.63) is 57.0 Å². The van der Waals surface area contributed by atoms with Crippen LogP contribution in [0.2, 0.25) is 5.02 Å². The molecule has 0 bridgehead atoms. The lowest BCUT2D eigenvalue weighted by molar-refractivity contribution is -0.110. The van der Waals surface area contributed by atoms with Crippen LogP contribution in [0.1, 0.15) is 11.3 Å². The number of nitrogens with one attached hydrogen (secondary N) is 1. The van der Waals surface area contributed by atoms with Gasteiger partial charge in [-0.1, -0.05) is 23.7 Å². The zero-order valence-electron chi connectivity index (χ0n) is 9.95. The van der Waals surface area contributed by atoms with Gasteiger partial charge >= 0.3 is 0 Å². The van der Waals surface area contributed by atoms with E-state index in [0.717, 1.165) is 4.47 Å². The van der Waals surface area contributed by atoms with E-state index in [-0.39, 0.29) is 16.5 Å². The average molecular weight is 354 g/mol. The highest BCUT2D eigenvalue weighted by Gasteiger charge is 2.26. The van der Waals surface area contributed by atoms with Gasteiger partial charge in [0.05, 0.1) is 22.0 Å². The van der Waals surface area contributed by atoms with Crippen molar-refractivity contribution in [2.24, 2.45) is 0 Å². The fourth-order valence-electron chi connectivity index (χ4n) is 1.97. The third-order valence-corrected chi connectivity index (χ3v) is 3.61. The molecular weight excluding hydrogens is 347 g/mol. The van der Waals surface area contributed by atoms with Gasteiger partial charge in [-0.15, -0.1) is 0 Å². The Balaban J connectivity index is 2.14. The Kier molecular flexibility index (Phi) is 3.31. The van der Waals surface area contributed by atoms with Gasteiger partial charge in [0.15, 0.2) is 0 Å². The largest absolute Gasteiger partial charge is 0.320 e. The number of carbonyl (C=O) groups is 1. The van der Waals surface area contributed by atoms with Gasteiger partial charge in [0, 0.05) is 16.2 Å². The van der Waals surface area contributed by atoms with Crippen LogP contribution in [0.15, 0.2) is 34.9 Å². The summed E-state index contributed by atoms with van der Waals surface area (Å²) in [6, 6.07) is 6.38. The molecule has 1 aromatic carbocycles. The molecule has 3 rings (SSSR count). The molecule has 1 amide bonds. The first-order valence-electron chi connectivity index (χ1n) is 5.69. The Morgan fingerprint density at radius 2 is 2.20 bits per heavy atom. The summed E-state index contributed by atoms with van der Waals surface area (Å²) in [7, 11) is 0. The fraction of sp³-hybridized carbons (Fsp3) is 0. The fourth-order valence-corrected chi connectivity index (χ4v) is 2.48. The highest BCUT2D eigenvalue weighted by Crippen LogP contribution is 2.33. The molecule has 0 saturated heterocycles. The molecule has 6 heteroatoms. The Bertz CT molecular complexity index is 761. The Morgan fingerprint density at radius 1 is 1.40 bits per heavy atom. The number of nitrogens with zero attached hydrogens (tertiary/aromatic N) is 1. The van der Waals surface area contributed by atoms with Crippen LogP contribution in [-0.4, -0.2) is 10.9 Å². The maximum absolute atomic E-state index is 13.9. The van der Waals surface area contributed by atoms with Crippen LogP contribution < -0.4 is 5.32 Å². The number of amides is 1. The molecule has 1 aromatic heterocycles. The number of rotatable bonds is 1. The number of halogens is 3. The van der Waals surface area contributed by atoms with E-state index < -0.39 is 5.82 Å². The van der Waals surface area contributed by atoms with Gasteiger partial charge in [0.25, 0.3) is 5.91 Å². The molecule has 0 fully saturated rings. The lowest BCUT2D eigenvalue weighted by Gasteiger charge is -2.01. The number of aromatic nitrogens is 1. The van der Waals surface area contributed by atoms with Gasteiger partial charge in [-0.2, -0.15) is 0 Å². The lowest BCUT2D eigenvalue weighted by atomic mass is 10.1. The van der Waals surface area contributed by atoms with Crippen LogP contribution in [0.3, 0.4) is 0 Å². The summed E-state index contributed by atoms with van der Waals surface area (Å²) in [6.45, 7) is 0. The summed E-state index contributed by atoms with van der Waals surface area (Å²) >= 11 is 9.01. The normalized spacial score (nSPS) is 15.3. The van der Waals surface area contributed by atoms with Crippen molar-refractivity contribution in [1.29, 1.82) is 0 Å². The zero-order chi connectivity index (χ0) is 14.3. The number of anilines is 1. The number of benzene rings is 1. The van der Waals surface area contributed by atoms with E-state index in [9.17, 15) is 9.18 Å². The van der Waals surface area contributed by atoms with Crippen LogP contribution in [0.4, 0.5) is 10.1 Å². The van der Waals surface area contributed by atoms with Crippen molar-refractivity contribution in [3.8, 4) is 0 Å². The molecule has 100 valence electrons. The van der Waals surface area contributed by atoms with Crippen molar-refractivity contribution in [3.63, 3.8) is 0 Å². The topological polar surface area (TPSA) is 42.0 Å². The monoisotopic (exact) mass is 352 g/mol. The van der Waals surface area contributed by atoms with Crippen molar-refractivity contribution in [1.82, 2.24) is 4.98 Å². The van der Waals surface area contributed by atoms with E-state index >= 15 is 0 Å². The Hall–Kier alpha value is -1.72. The highest BCUT2D eigenvalue weighted by atomic mass is 79.9.